The number of carbonyl (C=O) groups is 1. The molecule has 128 valence electrons. The van der Waals surface area contributed by atoms with Gasteiger partial charge in [0.1, 0.15) is 5.75 Å². The Morgan fingerprint density at radius 2 is 1.96 bits per heavy atom. The molecular weight excluding hydrogens is 336 g/mol. The molecular formula is C19H18N2O3S. The van der Waals surface area contributed by atoms with E-state index in [1.54, 1.807) is 42.7 Å². The van der Waals surface area contributed by atoms with E-state index >= 15 is 0 Å². The molecule has 25 heavy (non-hydrogen) atoms. The molecule has 3 rings (SSSR count). The highest BCUT2D eigenvalue weighted by molar-refractivity contribution is 7.09. The number of hydrogen-bond donors (Lipinski definition) is 0. The van der Waals surface area contributed by atoms with Crippen molar-refractivity contribution >= 4 is 22.9 Å². The standard InChI is InChI=1S/C19H18N2O3S/c1-20-10-9-14(12-18(20)22)19(23)21(13-17-4-3-11-25-17)15-5-7-16(24-2)8-6-15/h3-12H,13H2,1-2H3. The predicted molar refractivity (Wildman–Crippen MR) is 99.5 cm³/mol. The van der Waals surface area contributed by atoms with E-state index in [2.05, 4.69) is 0 Å². The van der Waals surface area contributed by atoms with Crippen molar-refractivity contribution in [3.63, 3.8) is 0 Å². The molecule has 2 heterocycles. The minimum absolute atomic E-state index is 0.211. The van der Waals surface area contributed by atoms with E-state index in [9.17, 15) is 9.59 Å². The largest absolute Gasteiger partial charge is 0.497 e. The molecule has 0 spiro atoms. The molecule has 0 bridgehead atoms. The molecule has 2 aromatic heterocycles. The molecule has 0 aliphatic rings. The molecule has 3 aromatic rings. The Morgan fingerprint density at radius 1 is 1.20 bits per heavy atom. The summed E-state index contributed by atoms with van der Waals surface area (Å²) >= 11 is 1.59. The van der Waals surface area contributed by atoms with Gasteiger partial charge in [0.2, 0.25) is 0 Å². The Balaban J connectivity index is 1.98. The summed E-state index contributed by atoms with van der Waals surface area (Å²) in [7, 11) is 3.26. The van der Waals surface area contributed by atoms with E-state index in [4.69, 9.17) is 4.74 Å². The van der Waals surface area contributed by atoms with Crippen molar-refractivity contribution in [1.82, 2.24) is 4.57 Å². The molecule has 1 amide bonds. The SMILES string of the molecule is COc1ccc(N(Cc2cccs2)C(=O)c2ccn(C)c(=O)c2)cc1. The molecule has 0 atom stereocenters. The van der Waals surface area contributed by atoms with Gasteiger partial charge in [0.15, 0.2) is 0 Å². The van der Waals surface area contributed by atoms with Crippen LogP contribution in [0.2, 0.25) is 0 Å². The van der Waals surface area contributed by atoms with Gasteiger partial charge in [-0.05, 0) is 41.8 Å². The van der Waals surface area contributed by atoms with Gasteiger partial charge in [-0.15, -0.1) is 11.3 Å². The van der Waals surface area contributed by atoms with E-state index in [1.165, 1.54) is 10.6 Å². The molecule has 0 N–H and O–H groups in total. The lowest BCUT2D eigenvalue weighted by Gasteiger charge is -2.22. The molecule has 0 radical (unpaired) electrons. The first-order chi connectivity index (χ1) is 12.1. The summed E-state index contributed by atoms with van der Waals surface area (Å²) in [6.07, 6.45) is 1.60. The monoisotopic (exact) mass is 354 g/mol. The second-order valence-corrected chi connectivity index (χ2v) is 6.57. The zero-order chi connectivity index (χ0) is 17.8. The summed E-state index contributed by atoms with van der Waals surface area (Å²) < 4.78 is 6.62. The predicted octanol–water partition coefficient (Wildman–Crippen LogP) is 3.30. The third-order valence-corrected chi connectivity index (χ3v) is 4.74. The van der Waals surface area contributed by atoms with E-state index in [1.807, 2.05) is 41.8 Å². The lowest BCUT2D eigenvalue weighted by molar-refractivity contribution is 0.0985. The van der Waals surface area contributed by atoms with E-state index in [0.717, 1.165) is 16.3 Å². The van der Waals surface area contributed by atoms with Crippen molar-refractivity contribution in [3.05, 3.63) is 80.9 Å². The van der Waals surface area contributed by atoms with Crippen molar-refractivity contribution in [2.45, 2.75) is 6.54 Å². The van der Waals surface area contributed by atoms with Gasteiger partial charge in [0.05, 0.1) is 13.7 Å². The first kappa shape index (κ1) is 17.0. The van der Waals surface area contributed by atoms with Crippen LogP contribution in [0.1, 0.15) is 15.2 Å². The van der Waals surface area contributed by atoms with Gasteiger partial charge >= 0.3 is 0 Å². The van der Waals surface area contributed by atoms with Gasteiger partial charge in [0.25, 0.3) is 11.5 Å². The summed E-state index contributed by atoms with van der Waals surface area (Å²) in [4.78, 5) is 27.7. The highest BCUT2D eigenvalue weighted by Gasteiger charge is 2.19. The third-order valence-electron chi connectivity index (χ3n) is 3.87. The zero-order valence-electron chi connectivity index (χ0n) is 14.0. The Labute approximate surface area is 149 Å². The van der Waals surface area contributed by atoms with Gasteiger partial charge in [-0.2, -0.15) is 0 Å². The number of amides is 1. The summed E-state index contributed by atoms with van der Waals surface area (Å²) in [5, 5.41) is 1.98. The second kappa shape index (κ2) is 7.36. The highest BCUT2D eigenvalue weighted by Crippen LogP contribution is 2.24. The van der Waals surface area contributed by atoms with Crippen LogP contribution in [0.5, 0.6) is 5.75 Å². The number of hydrogen-bond acceptors (Lipinski definition) is 4. The highest BCUT2D eigenvalue weighted by atomic mass is 32.1. The zero-order valence-corrected chi connectivity index (χ0v) is 14.8. The van der Waals surface area contributed by atoms with Crippen LogP contribution >= 0.6 is 11.3 Å². The number of rotatable bonds is 5. The van der Waals surface area contributed by atoms with Crippen LogP contribution in [-0.2, 0) is 13.6 Å². The maximum absolute atomic E-state index is 13.0. The maximum Gasteiger partial charge on any atom is 0.258 e. The molecule has 0 unspecified atom stereocenters. The third kappa shape index (κ3) is 3.80. The van der Waals surface area contributed by atoms with E-state index < -0.39 is 0 Å². The van der Waals surface area contributed by atoms with E-state index in [0.29, 0.717) is 12.1 Å². The number of methoxy groups -OCH3 is 1. The molecule has 0 saturated carbocycles. The number of ether oxygens (including phenoxy) is 1. The van der Waals surface area contributed by atoms with Crippen LogP contribution < -0.4 is 15.2 Å². The quantitative estimate of drug-likeness (QED) is 0.706. The lowest BCUT2D eigenvalue weighted by atomic mass is 10.2. The molecule has 5 nitrogen and oxygen atoms in total. The van der Waals surface area contributed by atoms with Crippen molar-refractivity contribution in [2.24, 2.45) is 7.05 Å². The Kier molecular flexibility index (Phi) is 5.00. The van der Waals surface area contributed by atoms with Gasteiger partial charge in [-0.25, -0.2) is 0 Å². The van der Waals surface area contributed by atoms with Crippen molar-refractivity contribution in [3.8, 4) is 5.75 Å². The normalized spacial score (nSPS) is 10.5. The number of nitrogens with zero attached hydrogens (tertiary/aromatic N) is 2. The molecule has 0 aliphatic carbocycles. The van der Waals surface area contributed by atoms with Gasteiger partial charge in [-0.3, -0.25) is 9.59 Å². The van der Waals surface area contributed by atoms with Crippen molar-refractivity contribution in [1.29, 1.82) is 0 Å². The number of anilines is 1. The Bertz CT molecular complexity index is 915. The van der Waals surface area contributed by atoms with Crippen LogP contribution in [0.15, 0.2) is 64.9 Å². The number of thiophene rings is 1. The number of benzene rings is 1. The Morgan fingerprint density at radius 3 is 2.56 bits per heavy atom. The molecule has 0 saturated heterocycles. The minimum Gasteiger partial charge on any atom is -0.497 e. The van der Waals surface area contributed by atoms with Gasteiger partial charge in [-0.1, -0.05) is 6.07 Å². The van der Waals surface area contributed by atoms with Crippen LogP contribution in [0.4, 0.5) is 5.69 Å². The summed E-state index contributed by atoms with van der Waals surface area (Å²) in [5.74, 6) is 0.511. The molecule has 6 heteroatoms. The molecule has 0 fully saturated rings. The fraction of sp³-hybridized carbons (Fsp3) is 0.158. The fourth-order valence-corrected chi connectivity index (χ4v) is 3.13. The number of pyridine rings is 1. The maximum atomic E-state index is 13.0. The summed E-state index contributed by atoms with van der Waals surface area (Å²) in [5.41, 5.74) is 0.909. The van der Waals surface area contributed by atoms with Crippen LogP contribution in [0, 0.1) is 0 Å². The first-order valence-corrected chi connectivity index (χ1v) is 8.61. The fourth-order valence-electron chi connectivity index (χ4n) is 2.44. The van der Waals surface area contributed by atoms with E-state index in [-0.39, 0.29) is 11.5 Å². The number of aromatic nitrogens is 1. The lowest BCUT2D eigenvalue weighted by Crippen LogP contribution is -2.31. The topological polar surface area (TPSA) is 51.5 Å². The summed E-state index contributed by atoms with van der Waals surface area (Å²) in [6.45, 7) is 0.442. The average molecular weight is 354 g/mol. The van der Waals surface area contributed by atoms with Gasteiger partial charge in [0, 0.05) is 35.4 Å². The van der Waals surface area contributed by atoms with Crippen molar-refractivity contribution < 1.29 is 9.53 Å². The smallest absolute Gasteiger partial charge is 0.258 e. The Hall–Kier alpha value is -2.86. The number of aryl methyl sites for hydroxylation is 1. The summed E-state index contributed by atoms with van der Waals surface area (Å²) in [6, 6.07) is 14.3. The minimum atomic E-state index is -0.212. The van der Waals surface area contributed by atoms with Gasteiger partial charge < -0.3 is 14.2 Å². The van der Waals surface area contributed by atoms with Crippen LogP contribution in [-0.4, -0.2) is 17.6 Å². The average Bonchev–Trinajstić information content (AvgIpc) is 3.15. The molecule has 0 aliphatic heterocycles. The van der Waals surface area contributed by atoms with Crippen molar-refractivity contribution in [2.75, 3.05) is 12.0 Å². The van der Waals surface area contributed by atoms with Crippen LogP contribution in [0.3, 0.4) is 0 Å². The first-order valence-electron chi connectivity index (χ1n) is 7.73. The molecule has 1 aromatic carbocycles. The van der Waals surface area contributed by atoms with Crippen LogP contribution in [0.25, 0.3) is 0 Å². The number of carbonyl (C=O) groups excluding carboxylic acids is 1. The second-order valence-electron chi connectivity index (χ2n) is 5.53.